The van der Waals surface area contributed by atoms with Gasteiger partial charge in [0.1, 0.15) is 5.75 Å². The summed E-state index contributed by atoms with van der Waals surface area (Å²) in [4.78, 5) is 14.6. The van der Waals surface area contributed by atoms with E-state index in [4.69, 9.17) is 0 Å². The summed E-state index contributed by atoms with van der Waals surface area (Å²) in [6.07, 6.45) is -4.93. The van der Waals surface area contributed by atoms with Gasteiger partial charge < -0.3 is 14.6 Å². The topological polar surface area (TPSA) is 68.7 Å². The van der Waals surface area contributed by atoms with Gasteiger partial charge in [0.05, 0.1) is 6.61 Å². The van der Waals surface area contributed by atoms with E-state index in [1.54, 1.807) is 0 Å². The van der Waals surface area contributed by atoms with Crippen molar-refractivity contribution in [2.24, 2.45) is 0 Å². The van der Waals surface area contributed by atoms with Gasteiger partial charge in [-0.25, -0.2) is 9.78 Å². The fraction of sp³-hybridized carbons (Fsp3) is 0.400. The molecular weight excluding hydrogens is 255 g/mol. The maximum Gasteiger partial charge on any atom is 0.574 e. The van der Waals surface area contributed by atoms with Crippen molar-refractivity contribution in [3.63, 3.8) is 0 Å². The van der Waals surface area contributed by atoms with Crippen LogP contribution in [0.3, 0.4) is 0 Å². The predicted octanol–water partition coefficient (Wildman–Crippen LogP) is 2.17. The van der Waals surface area contributed by atoms with Crippen LogP contribution in [0.25, 0.3) is 0 Å². The van der Waals surface area contributed by atoms with Crippen LogP contribution in [0.4, 0.5) is 13.2 Å². The summed E-state index contributed by atoms with van der Waals surface area (Å²) in [7, 11) is 0. The molecule has 0 spiro atoms. The van der Waals surface area contributed by atoms with Crippen molar-refractivity contribution in [1.29, 1.82) is 0 Å². The first kappa shape index (κ1) is 14.1. The largest absolute Gasteiger partial charge is 0.574 e. The van der Waals surface area contributed by atoms with Crippen LogP contribution in [0, 0.1) is 6.92 Å². The standard InChI is InChI=1S/C10H10F3NO4/c1-3-17-9(16)7-6(15)4-5(2)8(14-7)18-10(11,12)13/h4,15H,3H2,1-2H3. The zero-order valence-corrected chi connectivity index (χ0v) is 9.54. The van der Waals surface area contributed by atoms with E-state index < -0.39 is 29.7 Å². The molecule has 18 heavy (non-hydrogen) atoms. The van der Waals surface area contributed by atoms with Crippen LogP contribution < -0.4 is 4.74 Å². The molecule has 0 radical (unpaired) electrons. The minimum atomic E-state index is -4.93. The number of aromatic nitrogens is 1. The molecule has 1 N–H and O–H groups in total. The van der Waals surface area contributed by atoms with E-state index in [9.17, 15) is 23.1 Å². The van der Waals surface area contributed by atoms with Crippen LogP contribution in [-0.4, -0.2) is 29.0 Å². The highest BCUT2D eigenvalue weighted by Gasteiger charge is 2.33. The second-order valence-electron chi connectivity index (χ2n) is 3.25. The summed E-state index contributed by atoms with van der Waals surface area (Å²) in [6, 6.07) is 0.945. The Labute approximate surface area is 100 Å². The summed E-state index contributed by atoms with van der Waals surface area (Å²) in [5.41, 5.74) is -0.681. The first-order valence-corrected chi connectivity index (χ1v) is 4.88. The average molecular weight is 265 g/mol. The highest BCUT2D eigenvalue weighted by atomic mass is 19.4. The number of esters is 1. The van der Waals surface area contributed by atoms with Crippen LogP contribution >= 0.6 is 0 Å². The normalized spacial score (nSPS) is 11.2. The van der Waals surface area contributed by atoms with Gasteiger partial charge in [0, 0.05) is 5.56 Å². The summed E-state index contributed by atoms with van der Waals surface area (Å²) in [5, 5.41) is 9.41. The van der Waals surface area contributed by atoms with Crippen LogP contribution in [-0.2, 0) is 4.74 Å². The summed E-state index contributed by atoms with van der Waals surface area (Å²) in [5.74, 6) is -2.40. The molecular formula is C10H10F3NO4. The molecule has 8 heteroatoms. The fourth-order valence-electron chi connectivity index (χ4n) is 1.14. The number of hydrogen-bond donors (Lipinski definition) is 1. The van der Waals surface area contributed by atoms with Gasteiger partial charge in [-0.2, -0.15) is 0 Å². The summed E-state index contributed by atoms with van der Waals surface area (Å²) >= 11 is 0. The van der Waals surface area contributed by atoms with Gasteiger partial charge in [-0.3, -0.25) is 0 Å². The zero-order valence-electron chi connectivity index (χ0n) is 9.54. The van der Waals surface area contributed by atoms with Gasteiger partial charge in [0.2, 0.25) is 5.88 Å². The number of aryl methyl sites for hydroxylation is 1. The lowest BCUT2D eigenvalue weighted by Crippen LogP contribution is -2.19. The average Bonchev–Trinajstić information content (AvgIpc) is 2.20. The Bertz CT molecular complexity index is 459. The minimum Gasteiger partial charge on any atom is -0.505 e. The zero-order chi connectivity index (χ0) is 13.9. The highest BCUT2D eigenvalue weighted by Crippen LogP contribution is 2.28. The van der Waals surface area contributed by atoms with Crippen molar-refractivity contribution in [2.45, 2.75) is 20.2 Å². The van der Waals surface area contributed by atoms with E-state index in [0.717, 1.165) is 6.07 Å². The smallest absolute Gasteiger partial charge is 0.505 e. The van der Waals surface area contributed by atoms with E-state index in [2.05, 4.69) is 14.5 Å². The maximum atomic E-state index is 12.1. The molecule has 5 nitrogen and oxygen atoms in total. The quantitative estimate of drug-likeness (QED) is 0.848. The number of nitrogens with zero attached hydrogens (tertiary/aromatic N) is 1. The monoisotopic (exact) mass is 265 g/mol. The van der Waals surface area contributed by atoms with Crippen molar-refractivity contribution in [1.82, 2.24) is 4.98 Å². The van der Waals surface area contributed by atoms with E-state index >= 15 is 0 Å². The van der Waals surface area contributed by atoms with Crippen LogP contribution in [0.2, 0.25) is 0 Å². The molecule has 0 aliphatic rings. The Kier molecular flexibility index (Phi) is 4.00. The SMILES string of the molecule is CCOC(=O)c1nc(OC(F)(F)F)c(C)cc1O. The van der Waals surface area contributed by atoms with Crippen molar-refractivity contribution in [3.05, 3.63) is 17.3 Å². The van der Waals surface area contributed by atoms with Crippen molar-refractivity contribution in [2.75, 3.05) is 6.61 Å². The Balaban J connectivity index is 3.14. The molecule has 1 aromatic rings. The number of carbonyl (C=O) groups is 1. The number of alkyl halides is 3. The fourth-order valence-corrected chi connectivity index (χ4v) is 1.14. The van der Waals surface area contributed by atoms with E-state index in [-0.39, 0.29) is 12.2 Å². The predicted molar refractivity (Wildman–Crippen MR) is 53.3 cm³/mol. The lowest BCUT2D eigenvalue weighted by atomic mass is 10.2. The third kappa shape index (κ3) is 3.51. The Morgan fingerprint density at radius 2 is 2.11 bits per heavy atom. The molecule has 0 saturated carbocycles. The minimum absolute atomic E-state index is 0.00326. The van der Waals surface area contributed by atoms with Crippen LogP contribution in [0.5, 0.6) is 11.6 Å². The van der Waals surface area contributed by atoms with Crippen molar-refractivity contribution < 1.29 is 32.5 Å². The Morgan fingerprint density at radius 1 is 1.50 bits per heavy atom. The Morgan fingerprint density at radius 3 is 2.61 bits per heavy atom. The van der Waals surface area contributed by atoms with Gasteiger partial charge in [-0.15, -0.1) is 13.2 Å². The summed E-state index contributed by atoms with van der Waals surface area (Å²) in [6.45, 7) is 2.77. The first-order chi connectivity index (χ1) is 8.24. The molecule has 0 bridgehead atoms. The van der Waals surface area contributed by atoms with Gasteiger partial charge in [-0.05, 0) is 19.9 Å². The molecule has 0 fully saturated rings. The molecule has 0 amide bonds. The Hall–Kier alpha value is -1.99. The van der Waals surface area contributed by atoms with E-state index in [0.29, 0.717) is 0 Å². The first-order valence-electron chi connectivity index (χ1n) is 4.88. The molecule has 0 saturated heterocycles. The van der Waals surface area contributed by atoms with Gasteiger partial charge >= 0.3 is 12.3 Å². The number of halogens is 3. The molecule has 1 aromatic heterocycles. The molecule has 0 aliphatic carbocycles. The van der Waals surface area contributed by atoms with Gasteiger partial charge in [-0.1, -0.05) is 0 Å². The lowest BCUT2D eigenvalue weighted by molar-refractivity contribution is -0.276. The summed E-state index contributed by atoms with van der Waals surface area (Å²) < 4.78 is 44.3. The number of hydrogen-bond acceptors (Lipinski definition) is 5. The maximum absolute atomic E-state index is 12.1. The number of pyridine rings is 1. The highest BCUT2D eigenvalue weighted by molar-refractivity contribution is 5.90. The lowest BCUT2D eigenvalue weighted by Gasteiger charge is -2.12. The molecule has 0 unspecified atom stereocenters. The molecule has 0 aliphatic heterocycles. The number of ether oxygens (including phenoxy) is 2. The molecule has 0 aromatic carbocycles. The van der Waals surface area contributed by atoms with Crippen molar-refractivity contribution in [3.8, 4) is 11.6 Å². The van der Waals surface area contributed by atoms with Crippen molar-refractivity contribution >= 4 is 5.97 Å². The molecule has 0 atom stereocenters. The van der Waals surface area contributed by atoms with E-state index in [1.807, 2.05) is 0 Å². The second-order valence-corrected chi connectivity index (χ2v) is 3.25. The molecule has 1 heterocycles. The third-order valence-electron chi connectivity index (χ3n) is 1.83. The van der Waals surface area contributed by atoms with Gasteiger partial charge in [0.25, 0.3) is 0 Å². The number of aromatic hydroxyl groups is 1. The van der Waals surface area contributed by atoms with Crippen LogP contribution in [0.1, 0.15) is 23.0 Å². The number of carbonyl (C=O) groups excluding carboxylic acids is 1. The van der Waals surface area contributed by atoms with Crippen LogP contribution in [0.15, 0.2) is 6.07 Å². The van der Waals surface area contributed by atoms with Gasteiger partial charge in [0.15, 0.2) is 5.69 Å². The third-order valence-corrected chi connectivity index (χ3v) is 1.83. The molecule has 1 rings (SSSR count). The number of rotatable bonds is 3. The molecule has 100 valence electrons. The second kappa shape index (κ2) is 5.11. The van der Waals surface area contributed by atoms with E-state index in [1.165, 1.54) is 13.8 Å².